The van der Waals surface area contributed by atoms with Crippen molar-refractivity contribution >= 4 is 15.9 Å². The first-order valence-electron chi connectivity index (χ1n) is 6.97. The largest absolute Gasteiger partial charge is 0.307 e. The van der Waals surface area contributed by atoms with Gasteiger partial charge in [0, 0.05) is 23.1 Å². The van der Waals surface area contributed by atoms with Gasteiger partial charge in [-0.25, -0.2) is 0 Å². The fourth-order valence-electron chi connectivity index (χ4n) is 3.41. The normalized spacial score (nSPS) is 32.4. The van der Waals surface area contributed by atoms with Crippen LogP contribution in [0.25, 0.3) is 0 Å². The minimum Gasteiger partial charge on any atom is -0.307 e. The zero-order valence-electron chi connectivity index (χ0n) is 10.9. The number of benzene rings is 1. The van der Waals surface area contributed by atoms with Crippen molar-refractivity contribution in [1.82, 2.24) is 10.2 Å². The van der Waals surface area contributed by atoms with E-state index in [2.05, 4.69) is 57.3 Å². The maximum Gasteiger partial charge on any atom is 0.0305 e. The number of hydrogen-bond acceptors (Lipinski definition) is 2. The molecule has 98 valence electrons. The molecule has 0 saturated carbocycles. The maximum atomic E-state index is 3.85. The molecule has 1 N–H and O–H groups in total. The smallest absolute Gasteiger partial charge is 0.0305 e. The highest BCUT2D eigenvalue weighted by Crippen LogP contribution is 2.30. The molecule has 0 radical (unpaired) electrons. The Morgan fingerprint density at radius 1 is 1.28 bits per heavy atom. The lowest BCUT2D eigenvalue weighted by molar-refractivity contribution is 0.212. The Kier molecular flexibility index (Phi) is 3.73. The summed E-state index contributed by atoms with van der Waals surface area (Å²) in [5.41, 5.74) is 1.37. The summed E-state index contributed by atoms with van der Waals surface area (Å²) in [5.74, 6) is 0.865. The Balaban J connectivity index is 1.67. The van der Waals surface area contributed by atoms with Gasteiger partial charge in [0.15, 0.2) is 0 Å². The minimum absolute atomic E-state index is 0.428. The third-order valence-corrected chi connectivity index (χ3v) is 5.19. The molecular formula is C15H21BrN2. The maximum absolute atomic E-state index is 3.85. The first kappa shape index (κ1) is 12.6. The molecule has 2 fully saturated rings. The van der Waals surface area contributed by atoms with Gasteiger partial charge in [-0.05, 0) is 50.4 Å². The first-order valence-corrected chi connectivity index (χ1v) is 7.76. The zero-order valence-corrected chi connectivity index (χ0v) is 12.5. The van der Waals surface area contributed by atoms with Crippen LogP contribution < -0.4 is 5.32 Å². The molecule has 0 amide bonds. The van der Waals surface area contributed by atoms with Gasteiger partial charge >= 0.3 is 0 Å². The van der Waals surface area contributed by atoms with E-state index < -0.39 is 0 Å². The quantitative estimate of drug-likeness (QED) is 0.922. The molecule has 2 aliphatic rings. The van der Waals surface area contributed by atoms with Gasteiger partial charge in [-0.3, -0.25) is 0 Å². The number of halogens is 1. The van der Waals surface area contributed by atoms with Gasteiger partial charge in [0.05, 0.1) is 0 Å². The van der Waals surface area contributed by atoms with E-state index in [9.17, 15) is 0 Å². The van der Waals surface area contributed by atoms with Gasteiger partial charge in [-0.15, -0.1) is 0 Å². The molecule has 1 aromatic rings. The monoisotopic (exact) mass is 308 g/mol. The van der Waals surface area contributed by atoms with Crippen LogP contribution in [0.4, 0.5) is 0 Å². The molecular weight excluding hydrogens is 288 g/mol. The van der Waals surface area contributed by atoms with Crippen molar-refractivity contribution in [1.29, 1.82) is 0 Å². The Morgan fingerprint density at radius 2 is 2.06 bits per heavy atom. The van der Waals surface area contributed by atoms with Crippen LogP contribution in [-0.2, 0) is 0 Å². The van der Waals surface area contributed by atoms with Gasteiger partial charge in [-0.1, -0.05) is 34.1 Å². The highest BCUT2D eigenvalue weighted by molar-refractivity contribution is 9.10. The predicted molar refractivity (Wildman–Crippen MR) is 78.6 cm³/mol. The fourth-order valence-corrected chi connectivity index (χ4v) is 4.04. The second-order valence-corrected chi connectivity index (χ2v) is 6.51. The standard InChI is InChI=1S/C15H21BrN2/c1-11(13-4-2-3-5-14(13)16)17-15-7-9-18-8-6-12(15)10-18/h2-5,11-12,15,17H,6-10H2,1H3/t11-,12?,15?/m0/s1. The van der Waals surface area contributed by atoms with Gasteiger partial charge in [0.2, 0.25) is 0 Å². The van der Waals surface area contributed by atoms with Crippen molar-refractivity contribution < 1.29 is 0 Å². The average Bonchev–Trinajstić information content (AvgIpc) is 2.76. The van der Waals surface area contributed by atoms with Crippen LogP contribution in [0.1, 0.15) is 31.4 Å². The summed E-state index contributed by atoms with van der Waals surface area (Å²) in [6.45, 7) is 6.17. The van der Waals surface area contributed by atoms with Gasteiger partial charge in [0.25, 0.3) is 0 Å². The van der Waals surface area contributed by atoms with E-state index in [0.29, 0.717) is 12.1 Å². The van der Waals surface area contributed by atoms with E-state index in [1.807, 2.05) is 0 Å². The highest BCUT2D eigenvalue weighted by atomic mass is 79.9. The van der Waals surface area contributed by atoms with Crippen LogP contribution in [0.3, 0.4) is 0 Å². The predicted octanol–water partition coefficient (Wildman–Crippen LogP) is 3.19. The molecule has 2 aliphatic heterocycles. The summed E-state index contributed by atoms with van der Waals surface area (Å²) >= 11 is 3.65. The van der Waals surface area contributed by atoms with Crippen molar-refractivity contribution in [2.45, 2.75) is 31.8 Å². The van der Waals surface area contributed by atoms with Crippen molar-refractivity contribution in [2.24, 2.45) is 5.92 Å². The molecule has 0 spiro atoms. The SMILES string of the molecule is C[C@H](NC1CCN2CCC1C2)c1ccccc1Br. The average molecular weight is 309 g/mol. The van der Waals surface area contributed by atoms with Crippen LogP contribution in [0, 0.1) is 5.92 Å². The lowest BCUT2D eigenvalue weighted by Gasteiger charge is -2.33. The lowest BCUT2D eigenvalue weighted by atomic mass is 9.93. The summed E-state index contributed by atoms with van der Waals surface area (Å²) in [5, 5.41) is 3.85. The van der Waals surface area contributed by atoms with Crippen molar-refractivity contribution in [3.63, 3.8) is 0 Å². The van der Waals surface area contributed by atoms with Crippen LogP contribution in [0.5, 0.6) is 0 Å². The molecule has 1 aromatic carbocycles. The second-order valence-electron chi connectivity index (χ2n) is 5.65. The number of fused-ring (bicyclic) bond motifs is 2. The molecule has 4 atom stereocenters. The van der Waals surface area contributed by atoms with Crippen molar-refractivity contribution in [2.75, 3.05) is 19.6 Å². The Morgan fingerprint density at radius 3 is 2.89 bits per heavy atom. The molecule has 18 heavy (non-hydrogen) atoms. The Bertz CT molecular complexity index is 421. The van der Waals surface area contributed by atoms with E-state index in [0.717, 1.165) is 5.92 Å². The molecule has 0 aromatic heterocycles. The molecule has 2 heterocycles. The number of rotatable bonds is 3. The minimum atomic E-state index is 0.428. The topological polar surface area (TPSA) is 15.3 Å². The van der Waals surface area contributed by atoms with Crippen LogP contribution in [0.2, 0.25) is 0 Å². The lowest BCUT2D eigenvalue weighted by Crippen LogP contribution is -2.44. The van der Waals surface area contributed by atoms with E-state index in [4.69, 9.17) is 0 Å². The van der Waals surface area contributed by atoms with Gasteiger partial charge < -0.3 is 10.2 Å². The van der Waals surface area contributed by atoms with Gasteiger partial charge in [0.1, 0.15) is 0 Å². The molecule has 3 heteroatoms. The first-order chi connectivity index (χ1) is 8.74. The molecule has 2 saturated heterocycles. The molecule has 2 bridgehead atoms. The second kappa shape index (κ2) is 5.32. The van der Waals surface area contributed by atoms with E-state index in [1.54, 1.807) is 0 Å². The number of hydrogen-bond donors (Lipinski definition) is 1. The van der Waals surface area contributed by atoms with Crippen LogP contribution >= 0.6 is 15.9 Å². The number of nitrogens with zero attached hydrogens (tertiary/aromatic N) is 1. The zero-order chi connectivity index (χ0) is 12.5. The summed E-state index contributed by atoms with van der Waals surface area (Å²) in [6, 6.07) is 9.67. The molecule has 3 rings (SSSR count). The molecule has 0 aliphatic carbocycles. The van der Waals surface area contributed by atoms with Crippen molar-refractivity contribution in [3.05, 3.63) is 34.3 Å². The van der Waals surface area contributed by atoms with Crippen LogP contribution in [-0.4, -0.2) is 30.6 Å². The highest BCUT2D eigenvalue weighted by Gasteiger charge is 2.34. The van der Waals surface area contributed by atoms with Gasteiger partial charge in [-0.2, -0.15) is 0 Å². The molecule has 2 nitrogen and oxygen atoms in total. The Labute approximate surface area is 118 Å². The van der Waals surface area contributed by atoms with E-state index in [1.165, 1.54) is 42.5 Å². The Hall–Kier alpha value is -0.380. The third-order valence-electron chi connectivity index (χ3n) is 4.47. The summed E-state index contributed by atoms with van der Waals surface area (Å²) < 4.78 is 1.22. The number of nitrogens with one attached hydrogen (secondary N) is 1. The molecule has 3 unspecified atom stereocenters. The third kappa shape index (κ3) is 2.49. The number of piperidine rings is 1. The van der Waals surface area contributed by atoms with E-state index in [-0.39, 0.29) is 0 Å². The summed E-state index contributed by atoms with van der Waals surface area (Å²) in [7, 11) is 0. The van der Waals surface area contributed by atoms with Crippen LogP contribution in [0.15, 0.2) is 28.7 Å². The van der Waals surface area contributed by atoms with Crippen molar-refractivity contribution in [3.8, 4) is 0 Å². The van der Waals surface area contributed by atoms with E-state index >= 15 is 0 Å². The fraction of sp³-hybridized carbons (Fsp3) is 0.600. The summed E-state index contributed by atoms with van der Waals surface area (Å²) in [6.07, 6.45) is 2.68. The summed E-state index contributed by atoms with van der Waals surface area (Å²) in [4.78, 5) is 2.60.